The van der Waals surface area contributed by atoms with Gasteiger partial charge in [-0.25, -0.2) is 0 Å². The van der Waals surface area contributed by atoms with Crippen LogP contribution in [-0.2, 0) is 11.2 Å². The van der Waals surface area contributed by atoms with Crippen LogP contribution in [0.25, 0.3) is 0 Å². The van der Waals surface area contributed by atoms with Gasteiger partial charge in [0.1, 0.15) is 6.07 Å². The number of carbonyl (C=O) groups is 1. The first-order chi connectivity index (χ1) is 6.54. The average molecular weight is 254 g/mol. The number of aryl methyl sites for hydroxylation is 1. The van der Waals surface area contributed by atoms with Crippen molar-refractivity contribution in [2.45, 2.75) is 13.3 Å². The van der Waals surface area contributed by atoms with Crippen LogP contribution in [0.4, 0.5) is 0 Å². The number of halogens is 1. The van der Waals surface area contributed by atoms with Crippen molar-refractivity contribution in [1.29, 1.82) is 5.26 Å². The maximum atomic E-state index is 10.5. The summed E-state index contributed by atoms with van der Waals surface area (Å²) < 4.78 is 0.731. The SMILES string of the molecule is Cc1cc(CC(=O)O)cc(C#N)c1Br. The standard InChI is InChI=1S/C10H8BrNO2/c1-6-2-7(4-9(13)14)3-8(5-12)10(6)11/h2-3H,4H2,1H3,(H,13,14). The van der Waals surface area contributed by atoms with E-state index in [2.05, 4.69) is 15.9 Å². The molecule has 1 rings (SSSR count). The number of nitriles is 1. The summed E-state index contributed by atoms with van der Waals surface area (Å²) in [6, 6.07) is 5.36. The molecule has 0 heterocycles. The summed E-state index contributed by atoms with van der Waals surface area (Å²) in [6.45, 7) is 1.83. The molecular formula is C10H8BrNO2. The normalized spacial score (nSPS) is 9.50. The Kier molecular flexibility index (Phi) is 3.26. The predicted molar refractivity (Wildman–Crippen MR) is 54.9 cm³/mol. The van der Waals surface area contributed by atoms with E-state index in [-0.39, 0.29) is 6.42 Å². The number of nitrogens with zero attached hydrogens (tertiary/aromatic N) is 1. The van der Waals surface area contributed by atoms with Crippen molar-refractivity contribution in [3.05, 3.63) is 33.3 Å². The summed E-state index contributed by atoms with van der Waals surface area (Å²) in [5.74, 6) is -0.893. The highest BCUT2D eigenvalue weighted by atomic mass is 79.9. The van der Waals surface area contributed by atoms with Crippen LogP contribution >= 0.6 is 15.9 Å². The van der Waals surface area contributed by atoms with Crippen LogP contribution < -0.4 is 0 Å². The summed E-state index contributed by atoms with van der Waals surface area (Å²) in [6.07, 6.45) is -0.0528. The molecule has 0 unspecified atom stereocenters. The van der Waals surface area contributed by atoms with Gasteiger partial charge in [-0.05, 0) is 40.0 Å². The van der Waals surface area contributed by atoms with Crippen LogP contribution in [0, 0.1) is 18.3 Å². The third-order valence-electron chi connectivity index (χ3n) is 1.79. The van der Waals surface area contributed by atoms with Crippen molar-refractivity contribution in [3.63, 3.8) is 0 Å². The average Bonchev–Trinajstić information content (AvgIpc) is 2.10. The monoisotopic (exact) mass is 253 g/mol. The van der Waals surface area contributed by atoms with Crippen molar-refractivity contribution < 1.29 is 9.90 Å². The highest BCUT2D eigenvalue weighted by molar-refractivity contribution is 9.10. The Balaban J connectivity index is 3.18. The number of rotatable bonds is 2. The van der Waals surface area contributed by atoms with Gasteiger partial charge in [-0.1, -0.05) is 6.07 Å². The maximum absolute atomic E-state index is 10.5. The zero-order valence-corrected chi connectivity index (χ0v) is 9.13. The van der Waals surface area contributed by atoms with Crippen molar-refractivity contribution >= 4 is 21.9 Å². The van der Waals surface area contributed by atoms with E-state index in [9.17, 15) is 4.79 Å². The van der Waals surface area contributed by atoms with Crippen LogP contribution in [0.3, 0.4) is 0 Å². The molecule has 0 aromatic heterocycles. The third kappa shape index (κ3) is 2.33. The fourth-order valence-electron chi connectivity index (χ4n) is 1.20. The summed E-state index contributed by atoms with van der Waals surface area (Å²) in [4.78, 5) is 10.5. The molecule has 0 aliphatic heterocycles. The summed E-state index contributed by atoms with van der Waals surface area (Å²) in [7, 11) is 0. The molecular weight excluding hydrogens is 246 g/mol. The Morgan fingerprint density at radius 2 is 2.29 bits per heavy atom. The Labute approximate surface area is 90.1 Å². The van der Waals surface area contributed by atoms with E-state index >= 15 is 0 Å². The molecule has 14 heavy (non-hydrogen) atoms. The van der Waals surface area contributed by atoms with Gasteiger partial charge in [0, 0.05) is 4.47 Å². The minimum atomic E-state index is -0.893. The molecule has 1 N–H and O–H groups in total. The van der Waals surface area contributed by atoms with Crippen LogP contribution in [-0.4, -0.2) is 11.1 Å². The second-order valence-electron chi connectivity index (χ2n) is 2.96. The maximum Gasteiger partial charge on any atom is 0.307 e. The molecule has 0 bridgehead atoms. The smallest absolute Gasteiger partial charge is 0.307 e. The lowest BCUT2D eigenvalue weighted by atomic mass is 10.1. The van der Waals surface area contributed by atoms with Gasteiger partial charge in [-0.2, -0.15) is 5.26 Å². The van der Waals surface area contributed by atoms with Crippen molar-refractivity contribution in [2.75, 3.05) is 0 Å². The summed E-state index contributed by atoms with van der Waals surface area (Å²) >= 11 is 3.27. The molecule has 0 atom stereocenters. The quantitative estimate of drug-likeness (QED) is 0.880. The van der Waals surface area contributed by atoms with Crippen molar-refractivity contribution in [2.24, 2.45) is 0 Å². The van der Waals surface area contributed by atoms with Gasteiger partial charge in [0.05, 0.1) is 12.0 Å². The third-order valence-corrected chi connectivity index (χ3v) is 2.84. The Morgan fingerprint density at radius 1 is 1.64 bits per heavy atom. The first-order valence-corrected chi connectivity index (χ1v) is 4.75. The number of hydrogen-bond donors (Lipinski definition) is 1. The van der Waals surface area contributed by atoms with Crippen LogP contribution in [0.2, 0.25) is 0 Å². The van der Waals surface area contributed by atoms with E-state index in [1.54, 1.807) is 12.1 Å². The molecule has 0 saturated carbocycles. The van der Waals surface area contributed by atoms with Gasteiger partial charge >= 0.3 is 5.97 Å². The molecule has 3 nitrogen and oxygen atoms in total. The van der Waals surface area contributed by atoms with Crippen molar-refractivity contribution in [1.82, 2.24) is 0 Å². The van der Waals surface area contributed by atoms with E-state index < -0.39 is 5.97 Å². The Hall–Kier alpha value is -1.34. The Bertz CT molecular complexity index is 421. The number of hydrogen-bond acceptors (Lipinski definition) is 2. The van der Waals surface area contributed by atoms with Gasteiger partial charge in [0.15, 0.2) is 0 Å². The van der Waals surface area contributed by atoms with Gasteiger partial charge in [-0.3, -0.25) is 4.79 Å². The number of benzene rings is 1. The molecule has 4 heteroatoms. The molecule has 0 aliphatic carbocycles. The van der Waals surface area contributed by atoms with Gasteiger partial charge in [-0.15, -0.1) is 0 Å². The first kappa shape index (κ1) is 10.7. The van der Waals surface area contributed by atoms with Crippen LogP contribution in [0.1, 0.15) is 16.7 Å². The fourth-order valence-corrected chi connectivity index (χ4v) is 1.52. The molecule has 1 aromatic carbocycles. The number of carboxylic acid groups (broad SMARTS) is 1. The molecule has 0 spiro atoms. The molecule has 0 amide bonds. The minimum Gasteiger partial charge on any atom is -0.481 e. The Morgan fingerprint density at radius 3 is 2.79 bits per heavy atom. The first-order valence-electron chi connectivity index (χ1n) is 3.95. The number of aliphatic carboxylic acids is 1. The predicted octanol–water partition coefficient (Wildman–Crippen LogP) is 2.26. The van der Waals surface area contributed by atoms with Crippen LogP contribution in [0.5, 0.6) is 0 Å². The summed E-state index contributed by atoms with van der Waals surface area (Å²) in [5, 5.41) is 17.4. The van der Waals surface area contributed by atoms with Gasteiger partial charge in [0.2, 0.25) is 0 Å². The second kappa shape index (κ2) is 4.25. The zero-order valence-electron chi connectivity index (χ0n) is 7.54. The van der Waals surface area contributed by atoms with Gasteiger partial charge < -0.3 is 5.11 Å². The topological polar surface area (TPSA) is 61.1 Å². The van der Waals surface area contributed by atoms with E-state index in [0.717, 1.165) is 10.0 Å². The highest BCUT2D eigenvalue weighted by Crippen LogP contribution is 2.22. The molecule has 0 radical (unpaired) electrons. The molecule has 1 aromatic rings. The molecule has 0 saturated heterocycles. The minimum absolute atomic E-state index is 0.0528. The summed E-state index contributed by atoms with van der Waals surface area (Å²) in [5.41, 5.74) is 2.00. The fraction of sp³-hybridized carbons (Fsp3) is 0.200. The highest BCUT2D eigenvalue weighted by Gasteiger charge is 2.07. The lowest BCUT2D eigenvalue weighted by Crippen LogP contribution is -2.01. The van der Waals surface area contributed by atoms with E-state index in [4.69, 9.17) is 10.4 Å². The van der Waals surface area contributed by atoms with E-state index in [0.29, 0.717) is 11.1 Å². The lowest BCUT2D eigenvalue weighted by molar-refractivity contribution is -0.136. The molecule has 0 aliphatic rings. The second-order valence-corrected chi connectivity index (χ2v) is 3.75. The largest absolute Gasteiger partial charge is 0.481 e. The van der Waals surface area contributed by atoms with Crippen molar-refractivity contribution in [3.8, 4) is 6.07 Å². The molecule has 0 fully saturated rings. The number of carboxylic acids is 1. The zero-order chi connectivity index (χ0) is 10.7. The van der Waals surface area contributed by atoms with Crippen LogP contribution in [0.15, 0.2) is 16.6 Å². The molecule has 72 valence electrons. The lowest BCUT2D eigenvalue weighted by Gasteiger charge is -2.04. The van der Waals surface area contributed by atoms with E-state index in [1.807, 2.05) is 13.0 Å². The van der Waals surface area contributed by atoms with E-state index in [1.165, 1.54) is 0 Å². The van der Waals surface area contributed by atoms with Gasteiger partial charge in [0.25, 0.3) is 0 Å².